The molecular formula is C20H23ClN2O4S. The maximum absolute atomic E-state index is 13.2. The number of aryl methyl sites for hydroxylation is 1. The van der Waals surface area contributed by atoms with E-state index >= 15 is 0 Å². The third-order valence-electron chi connectivity index (χ3n) is 4.98. The number of amides is 1. The minimum Gasteiger partial charge on any atom is -0.486 e. The molecule has 0 bridgehead atoms. The standard InChI is InChI=1S/C20H23ClN2O4S/c1-13-18(28-17(22-13)12-27-15-7-5-14(21)6-8-15)19(24)23-9-3-2-4-16(23)20-25-10-11-26-20/h5-8,16,20H,2-4,9-12H2,1H3. The summed E-state index contributed by atoms with van der Waals surface area (Å²) in [4.78, 5) is 20.4. The van der Waals surface area contributed by atoms with Crippen molar-refractivity contribution in [3.63, 3.8) is 0 Å². The second kappa shape index (κ2) is 8.78. The normalized spacial score (nSPS) is 20.5. The van der Waals surface area contributed by atoms with E-state index in [1.807, 2.05) is 24.0 Å². The third-order valence-corrected chi connectivity index (χ3v) is 6.35. The summed E-state index contributed by atoms with van der Waals surface area (Å²) in [5, 5.41) is 1.44. The van der Waals surface area contributed by atoms with Crippen LogP contribution in [0.2, 0.25) is 5.02 Å². The fourth-order valence-corrected chi connectivity index (χ4v) is 4.67. The topological polar surface area (TPSA) is 60.9 Å². The van der Waals surface area contributed by atoms with Crippen LogP contribution in [0, 0.1) is 6.92 Å². The molecule has 2 aromatic rings. The van der Waals surface area contributed by atoms with Gasteiger partial charge >= 0.3 is 0 Å². The quantitative estimate of drug-likeness (QED) is 0.727. The number of thiazole rings is 1. The van der Waals surface area contributed by atoms with Crippen LogP contribution < -0.4 is 4.74 Å². The molecule has 2 aliphatic heterocycles. The number of ether oxygens (including phenoxy) is 3. The van der Waals surface area contributed by atoms with Crippen LogP contribution in [0.15, 0.2) is 24.3 Å². The van der Waals surface area contributed by atoms with E-state index in [9.17, 15) is 4.79 Å². The molecule has 8 heteroatoms. The Kier molecular flexibility index (Phi) is 6.16. The second-order valence-electron chi connectivity index (χ2n) is 6.94. The van der Waals surface area contributed by atoms with Crippen LogP contribution in [0.25, 0.3) is 0 Å². The minimum atomic E-state index is -0.315. The molecule has 2 saturated heterocycles. The molecular weight excluding hydrogens is 400 g/mol. The molecule has 2 aliphatic rings. The average molecular weight is 423 g/mol. The predicted octanol–water partition coefficient (Wildman–Crippen LogP) is 4.05. The molecule has 3 heterocycles. The van der Waals surface area contributed by atoms with Crippen LogP contribution in [0.3, 0.4) is 0 Å². The second-order valence-corrected chi connectivity index (χ2v) is 8.46. The first-order valence-electron chi connectivity index (χ1n) is 9.50. The van der Waals surface area contributed by atoms with E-state index in [0.717, 1.165) is 42.3 Å². The first-order chi connectivity index (χ1) is 13.6. The molecule has 4 rings (SSSR count). The van der Waals surface area contributed by atoms with E-state index in [0.29, 0.717) is 29.7 Å². The number of carbonyl (C=O) groups excluding carboxylic acids is 1. The number of hydrogen-bond donors (Lipinski definition) is 0. The van der Waals surface area contributed by atoms with Crippen LogP contribution in [0.1, 0.15) is 39.6 Å². The Morgan fingerprint density at radius 3 is 2.79 bits per heavy atom. The molecule has 1 unspecified atom stereocenters. The van der Waals surface area contributed by atoms with Crippen molar-refractivity contribution < 1.29 is 19.0 Å². The van der Waals surface area contributed by atoms with Crippen molar-refractivity contribution >= 4 is 28.8 Å². The van der Waals surface area contributed by atoms with E-state index in [4.69, 9.17) is 25.8 Å². The number of rotatable bonds is 5. The number of nitrogens with zero attached hydrogens (tertiary/aromatic N) is 2. The van der Waals surface area contributed by atoms with Crippen molar-refractivity contribution in [2.75, 3.05) is 19.8 Å². The van der Waals surface area contributed by atoms with E-state index in [1.165, 1.54) is 11.3 Å². The zero-order valence-corrected chi connectivity index (χ0v) is 17.3. The zero-order chi connectivity index (χ0) is 19.5. The molecule has 6 nitrogen and oxygen atoms in total. The number of likely N-dealkylation sites (tertiary alicyclic amines) is 1. The summed E-state index contributed by atoms with van der Waals surface area (Å²) in [6, 6.07) is 7.16. The van der Waals surface area contributed by atoms with E-state index in [2.05, 4.69) is 4.98 Å². The molecule has 0 aliphatic carbocycles. The van der Waals surface area contributed by atoms with Crippen molar-refractivity contribution in [1.29, 1.82) is 0 Å². The van der Waals surface area contributed by atoms with Gasteiger partial charge in [-0.25, -0.2) is 4.98 Å². The Morgan fingerprint density at radius 1 is 1.29 bits per heavy atom. The number of benzene rings is 1. The van der Waals surface area contributed by atoms with Gasteiger partial charge in [0.25, 0.3) is 5.91 Å². The lowest BCUT2D eigenvalue weighted by Gasteiger charge is -2.37. The largest absolute Gasteiger partial charge is 0.486 e. The van der Waals surface area contributed by atoms with Crippen LogP contribution in [-0.2, 0) is 16.1 Å². The molecule has 1 amide bonds. The molecule has 0 spiro atoms. The third kappa shape index (κ3) is 4.33. The summed E-state index contributed by atoms with van der Waals surface area (Å²) in [5.74, 6) is 0.730. The fraction of sp³-hybridized carbons (Fsp3) is 0.500. The number of piperidine rings is 1. The van der Waals surface area contributed by atoms with Crippen molar-refractivity contribution in [2.45, 2.75) is 45.1 Å². The Balaban J connectivity index is 1.45. The summed E-state index contributed by atoms with van der Waals surface area (Å²) in [7, 11) is 0. The van der Waals surface area contributed by atoms with Gasteiger partial charge in [-0.15, -0.1) is 11.3 Å². The summed E-state index contributed by atoms with van der Waals surface area (Å²) in [6.45, 7) is 4.10. The molecule has 0 saturated carbocycles. The summed E-state index contributed by atoms with van der Waals surface area (Å²) >= 11 is 7.29. The SMILES string of the molecule is Cc1nc(COc2ccc(Cl)cc2)sc1C(=O)N1CCCCC1C1OCCO1. The lowest BCUT2D eigenvalue weighted by atomic mass is 10.0. The Hall–Kier alpha value is -1.67. The molecule has 1 atom stereocenters. The van der Waals surface area contributed by atoms with Gasteiger partial charge < -0.3 is 19.1 Å². The van der Waals surface area contributed by atoms with Gasteiger partial charge in [0.05, 0.1) is 24.9 Å². The van der Waals surface area contributed by atoms with Gasteiger partial charge in [-0.2, -0.15) is 0 Å². The lowest BCUT2D eigenvalue weighted by molar-refractivity contribution is -0.100. The van der Waals surface area contributed by atoms with E-state index in [1.54, 1.807) is 12.1 Å². The van der Waals surface area contributed by atoms with Crippen molar-refractivity contribution in [1.82, 2.24) is 9.88 Å². The highest BCUT2D eigenvalue weighted by Crippen LogP contribution is 2.29. The van der Waals surface area contributed by atoms with Gasteiger partial charge in [-0.1, -0.05) is 11.6 Å². The molecule has 2 fully saturated rings. The highest BCUT2D eigenvalue weighted by Gasteiger charge is 2.37. The van der Waals surface area contributed by atoms with Crippen molar-refractivity contribution in [3.05, 3.63) is 44.9 Å². The Labute approximate surface area is 173 Å². The van der Waals surface area contributed by atoms with Crippen LogP contribution in [0.5, 0.6) is 5.75 Å². The minimum absolute atomic E-state index is 0.0107. The van der Waals surface area contributed by atoms with Gasteiger partial charge in [0.1, 0.15) is 22.2 Å². The smallest absolute Gasteiger partial charge is 0.266 e. The number of halogens is 1. The van der Waals surface area contributed by atoms with Crippen LogP contribution >= 0.6 is 22.9 Å². The summed E-state index contributed by atoms with van der Waals surface area (Å²) in [6.07, 6.45) is 2.67. The molecule has 28 heavy (non-hydrogen) atoms. The first-order valence-corrected chi connectivity index (χ1v) is 10.7. The molecule has 150 valence electrons. The zero-order valence-electron chi connectivity index (χ0n) is 15.7. The van der Waals surface area contributed by atoms with E-state index < -0.39 is 0 Å². The number of carbonyl (C=O) groups is 1. The van der Waals surface area contributed by atoms with Crippen molar-refractivity contribution in [3.8, 4) is 5.75 Å². The van der Waals surface area contributed by atoms with E-state index in [-0.39, 0.29) is 18.2 Å². The van der Waals surface area contributed by atoms with Crippen molar-refractivity contribution in [2.24, 2.45) is 0 Å². The van der Waals surface area contributed by atoms with Gasteiger partial charge in [0, 0.05) is 11.6 Å². The van der Waals surface area contributed by atoms with Gasteiger partial charge in [-0.3, -0.25) is 4.79 Å². The molecule has 0 radical (unpaired) electrons. The molecule has 0 N–H and O–H groups in total. The fourth-order valence-electron chi connectivity index (χ4n) is 3.61. The van der Waals surface area contributed by atoms with Crippen LogP contribution in [-0.4, -0.2) is 47.9 Å². The molecule has 1 aromatic heterocycles. The average Bonchev–Trinajstić information content (AvgIpc) is 3.37. The first kappa shape index (κ1) is 19.6. The summed E-state index contributed by atoms with van der Waals surface area (Å²) in [5.41, 5.74) is 0.738. The lowest BCUT2D eigenvalue weighted by Crippen LogP contribution is -2.50. The van der Waals surface area contributed by atoms with Crippen LogP contribution in [0.4, 0.5) is 0 Å². The Morgan fingerprint density at radius 2 is 2.04 bits per heavy atom. The molecule has 1 aromatic carbocycles. The predicted molar refractivity (Wildman–Crippen MR) is 107 cm³/mol. The highest BCUT2D eigenvalue weighted by molar-refractivity contribution is 7.13. The number of hydrogen-bond acceptors (Lipinski definition) is 6. The highest BCUT2D eigenvalue weighted by atomic mass is 35.5. The Bertz CT molecular complexity index is 820. The summed E-state index contributed by atoms with van der Waals surface area (Å²) < 4.78 is 17.1. The maximum atomic E-state index is 13.2. The van der Waals surface area contributed by atoms with Gasteiger partial charge in [0.15, 0.2) is 6.29 Å². The number of aromatic nitrogens is 1. The monoisotopic (exact) mass is 422 g/mol. The maximum Gasteiger partial charge on any atom is 0.266 e. The van der Waals surface area contributed by atoms with Gasteiger partial charge in [0.2, 0.25) is 0 Å². The van der Waals surface area contributed by atoms with Gasteiger partial charge in [-0.05, 0) is 50.5 Å².